The highest BCUT2D eigenvalue weighted by Crippen LogP contribution is 2.24. The number of hydrogen-bond donors (Lipinski definition) is 2. The standard InChI is InChI=1S/C16H20N4O3/c1-11-18-15(20-23-11)10-17-16(21)19-13-8-5-9-14(13)22-12-6-3-2-4-7-12/h2-4,6-7,13-14H,5,8-10H2,1H3,(H2,17,19,21)/t13-,14-/m1/s1. The van der Waals surface area contributed by atoms with Gasteiger partial charge in [0.05, 0.1) is 12.6 Å². The van der Waals surface area contributed by atoms with E-state index in [1.54, 1.807) is 6.92 Å². The van der Waals surface area contributed by atoms with Crippen LogP contribution in [0, 0.1) is 6.92 Å². The molecule has 0 radical (unpaired) electrons. The SMILES string of the molecule is Cc1nc(CNC(=O)N[C@@H]2CCC[C@H]2Oc2ccccc2)no1. The number of rotatable bonds is 5. The molecule has 122 valence electrons. The summed E-state index contributed by atoms with van der Waals surface area (Å²) in [7, 11) is 0. The first-order chi connectivity index (χ1) is 11.2. The molecule has 1 heterocycles. The maximum atomic E-state index is 12.0. The third kappa shape index (κ3) is 4.21. The largest absolute Gasteiger partial charge is 0.488 e. The molecule has 0 aliphatic heterocycles. The maximum Gasteiger partial charge on any atom is 0.315 e. The molecule has 23 heavy (non-hydrogen) atoms. The van der Waals surface area contributed by atoms with Gasteiger partial charge in [0.2, 0.25) is 5.89 Å². The summed E-state index contributed by atoms with van der Waals surface area (Å²) in [6.07, 6.45) is 2.87. The minimum Gasteiger partial charge on any atom is -0.488 e. The molecule has 0 spiro atoms. The molecule has 2 aromatic rings. The van der Waals surface area contributed by atoms with Gasteiger partial charge in [0.15, 0.2) is 5.82 Å². The Balaban J connectivity index is 1.48. The van der Waals surface area contributed by atoms with Crippen LogP contribution in [0.4, 0.5) is 4.79 Å². The number of carbonyl (C=O) groups excluding carboxylic acids is 1. The van der Waals surface area contributed by atoms with Crippen molar-refractivity contribution >= 4 is 6.03 Å². The molecule has 0 unspecified atom stereocenters. The van der Waals surface area contributed by atoms with Gasteiger partial charge in [-0.05, 0) is 31.4 Å². The number of benzene rings is 1. The van der Waals surface area contributed by atoms with Crippen LogP contribution in [0.5, 0.6) is 5.75 Å². The number of aryl methyl sites for hydroxylation is 1. The van der Waals surface area contributed by atoms with E-state index in [1.165, 1.54) is 0 Å². The van der Waals surface area contributed by atoms with Gasteiger partial charge in [0.1, 0.15) is 11.9 Å². The number of hydrogen-bond acceptors (Lipinski definition) is 5. The molecule has 3 rings (SSSR count). The Bertz CT molecular complexity index is 644. The zero-order chi connectivity index (χ0) is 16.1. The Kier molecular flexibility index (Phi) is 4.75. The van der Waals surface area contributed by atoms with Crippen LogP contribution < -0.4 is 15.4 Å². The van der Waals surface area contributed by atoms with Crippen molar-refractivity contribution in [2.24, 2.45) is 0 Å². The zero-order valence-electron chi connectivity index (χ0n) is 13.0. The van der Waals surface area contributed by atoms with Crippen molar-refractivity contribution < 1.29 is 14.1 Å². The summed E-state index contributed by atoms with van der Waals surface area (Å²) in [5.41, 5.74) is 0. The minimum atomic E-state index is -0.249. The molecule has 2 N–H and O–H groups in total. The fourth-order valence-corrected chi connectivity index (χ4v) is 2.70. The van der Waals surface area contributed by atoms with Gasteiger partial charge in [-0.15, -0.1) is 0 Å². The molecule has 1 fully saturated rings. The first-order valence-corrected chi connectivity index (χ1v) is 7.76. The number of aromatic nitrogens is 2. The van der Waals surface area contributed by atoms with Crippen LogP contribution in [0.15, 0.2) is 34.9 Å². The van der Waals surface area contributed by atoms with Crippen LogP contribution in [0.2, 0.25) is 0 Å². The Labute approximate surface area is 134 Å². The molecule has 1 aliphatic rings. The minimum absolute atomic E-state index is 0.00205. The topological polar surface area (TPSA) is 89.3 Å². The highest BCUT2D eigenvalue weighted by molar-refractivity contribution is 5.74. The van der Waals surface area contributed by atoms with Gasteiger partial charge in [-0.3, -0.25) is 0 Å². The number of carbonyl (C=O) groups is 1. The number of urea groups is 1. The number of amides is 2. The third-order valence-electron chi connectivity index (χ3n) is 3.78. The highest BCUT2D eigenvalue weighted by Gasteiger charge is 2.30. The number of nitrogens with zero attached hydrogens (tertiary/aromatic N) is 2. The van der Waals surface area contributed by atoms with Gasteiger partial charge in [0, 0.05) is 6.92 Å². The number of nitrogens with one attached hydrogen (secondary N) is 2. The maximum absolute atomic E-state index is 12.0. The molecule has 2 atom stereocenters. The summed E-state index contributed by atoms with van der Waals surface area (Å²) in [5.74, 6) is 1.77. The predicted molar refractivity (Wildman–Crippen MR) is 82.9 cm³/mol. The van der Waals surface area contributed by atoms with Crippen LogP contribution >= 0.6 is 0 Å². The molecule has 7 nitrogen and oxygen atoms in total. The number of para-hydroxylation sites is 1. The molecular weight excluding hydrogens is 296 g/mol. The summed E-state index contributed by atoms with van der Waals surface area (Å²) >= 11 is 0. The van der Waals surface area contributed by atoms with Gasteiger partial charge < -0.3 is 19.9 Å². The summed E-state index contributed by atoms with van der Waals surface area (Å²) in [4.78, 5) is 16.1. The molecule has 1 saturated carbocycles. The average molecular weight is 316 g/mol. The van der Waals surface area contributed by atoms with E-state index in [1.807, 2.05) is 30.3 Å². The lowest BCUT2D eigenvalue weighted by Gasteiger charge is -2.22. The monoisotopic (exact) mass is 316 g/mol. The van der Waals surface area contributed by atoms with Crippen molar-refractivity contribution in [3.05, 3.63) is 42.0 Å². The lowest BCUT2D eigenvalue weighted by molar-refractivity contribution is 0.172. The van der Waals surface area contributed by atoms with Crippen LogP contribution in [-0.2, 0) is 6.54 Å². The van der Waals surface area contributed by atoms with Gasteiger partial charge in [-0.25, -0.2) is 4.79 Å². The van der Waals surface area contributed by atoms with Crippen LogP contribution in [0.1, 0.15) is 31.0 Å². The van der Waals surface area contributed by atoms with E-state index in [9.17, 15) is 4.79 Å². The molecular formula is C16H20N4O3. The molecule has 0 bridgehead atoms. The van der Waals surface area contributed by atoms with Crippen molar-refractivity contribution in [3.63, 3.8) is 0 Å². The van der Waals surface area contributed by atoms with E-state index in [0.717, 1.165) is 25.0 Å². The van der Waals surface area contributed by atoms with Crippen molar-refractivity contribution in [1.82, 2.24) is 20.8 Å². The van der Waals surface area contributed by atoms with E-state index in [4.69, 9.17) is 9.26 Å². The summed E-state index contributed by atoms with van der Waals surface area (Å²) in [6, 6.07) is 9.42. The molecule has 0 saturated heterocycles. The molecule has 1 aromatic heterocycles. The Morgan fingerprint density at radius 3 is 2.91 bits per heavy atom. The highest BCUT2D eigenvalue weighted by atomic mass is 16.5. The summed E-state index contributed by atoms with van der Waals surface area (Å²) in [5, 5.41) is 9.44. The second-order valence-corrected chi connectivity index (χ2v) is 5.56. The Morgan fingerprint density at radius 2 is 2.17 bits per heavy atom. The van der Waals surface area contributed by atoms with Crippen molar-refractivity contribution in [2.75, 3.05) is 0 Å². The van der Waals surface area contributed by atoms with E-state index in [2.05, 4.69) is 20.8 Å². The Hall–Kier alpha value is -2.57. The molecule has 2 amide bonds. The van der Waals surface area contributed by atoms with E-state index in [-0.39, 0.29) is 24.7 Å². The second kappa shape index (κ2) is 7.13. The molecule has 1 aromatic carbocycles. The second-order valence-electron chi connectivity index (χ2n) is 5.56. The van der Waals surface area contributed by atoms with E-state index in [0.29, 0.717) is 11.7 Å². The van der Waals surface area contributed by atoms with E-state index >= 15 is 0 Å². The van der Waals surface area contributed by atoms with Crippen LogP contribution in [0.25, 0.3) is 0 Å². The lowest BCUT2D eigenvalue weighted by Crippen LogP contribution is -2.46. The average Bonchev–Trinajstić information content (AvgIpc) is 3.16. The summed E-state index contributed by atoms with van der Waals surface area (Å²) in [6.45, 7) is 1.95. The van der Waals surface area contributed by atoms with Gasteiger partial charge in [-0.1, -0.05) is 23.4 Å². The predicted octanol–water partition coefficient (Wildman–Crippen LogP) is 2.18. The van der Waals surface area contributed by atoms with Crippen molar-refractivity contribution in [2.45, 2.75) is 44.9 Å². The smallest absolute Gasteiger partial charge is 0.315 e. The normalized spacial score (nSPS) is 20.2. The van der Waals surface area contributed by atoms with E-state index < -0.39 is 0 Å². The van der Waals surface area contributed by atoms with Crippen LogP contribution in [0.3, 0.4) is 0 Å². The zero-order valence-corrected chi connectivity index (χ0v) is 13.0. The number of ether oxygens (including phenoxy) is 1. The van der Waals surface area contributed by atoms with Gasteiger partial charge >= 0.3 is 6.03 Å². The Morgan fingerprint density at radius 1 is 1.35 bits per heavy atom. The van der Waals surface area contributed by atoms with Gasteiger partial charge in [-0.2, -0.15) is 4.98 Å². The van der Waals surface area contributed by atoms with Crippen molar-refractivity contribution in [3.8, 4) is 5.75 Å². The summed E-state index contributed by atoms with van der Waals surface area (Å²) < 4.78 is 10.8. The van der Waals surface area contributed by atoms with Crippen molar-refractivity contribution in [1.29, 1.82) is 0 Å². The third-order valence-corrected chi connectivity index (χ3v) is 3.78. The first-order valence-electron chi connectivity index (χ1n) is 7.76. The fourth-order valence-electron chi connectivity index (χ4n) is 2.70. The lowest BCUT2D eigenvalue weighted by atomic mass is 10.2. The van der Waals surface area contributed by atoms with Crippen LogP contribution in [-0.4, -0.2) is 28.3 Å². The quantitative estimate of drug-likeness (QED) is 0.882. The molecule has 7 heteroatoms. The first kappa shape index (κ1) is 15.3. The van der Waals surface area contributed by atoms with Gasteiger partial charge in [0.25, 0.3) is 0 Å². The molecule has 1 aliphatic carbocycles. The fraction of sp³-hybridized carbons (Fsp3) is 0.438.